The summed E-state index contributed by atoms with van der Waals surface area (Å²) in [6.45, 7) is 0. The van der Waals surface area contributed by atoms with Crippen LogP contribution in [0, 0.1) is 5.82 Å². The van der Waals surface area contributed by atoms with Gasteiger partial charge in [0, 0.05) is 22.3 Å². The van der Waals surface area contributed by atoms with Crippen molar-refractivity contribution in [2.24, 2.45) is 0 Å². The van der Waals surface area contributed by atoms with Crippen molar-refractivity contribution in [3.05, 3.63) is 157 Å². The Morgan fingerprint density at radius 2 is 0.600 bits per heavy atom. The molecule has 0 saturated heterocycles. The Morgan fingerprint density at radius 1 is 0.289 bits per heavy atom. The SMILES string of the molecule is Fc1ccc(-c2nc3cc(-c4ccc5nc(-c6ccccc6)c(-c6ccccc6)nc5c4)ccc3nc2-c2ccccc2)cc1. The molecule has 45 heavy (non-hydrogen) atoms. The molecule has 0 aliphatic carbocycles. The molecule has 0 fully saturated rings. The van der Waals surface area contributed by atoms with Crippen molar-refractivity contribution < 1.29 is 4.39 Å². The second kappa shape index (κ2) is 11.2. The second-order valence-electron chi connectivity index (χ2n) is 10.9. The van der Waals surface area contributed by atoms with Crippen LogP contribution in [0.1, 0.15) is 0 Å². The van der Waals surface area contributed by atoms with E-state index in [1.54, 1.807) is 12.1 Å². The molecule has 4 nitrogen and oxygen atoms in total. The summed E-state index contributed by atoms with van der Waals surface area (Å²) in [5, 5.41) is 0. The van der Waals surface area contributed by atoms with E-state index in [0.29, 0.717) is 5.69 Å². The minimum absolute atomic E-state index is 0.290. The van der Waals surface area contributed by atoms with E-state index in [1.807, 2.05) is 78.9 Å². The van der Waals surface area contributed by atoms with Crippen LogP contribution in [0.15, 0.2) is 152 Å². The molecule has 0 saturated carbocycles. The van der Waals surface area contributed by atoms with Crippen LogP contribution in [0.3, 0.4) is 0 Å². The zero-order valence-electron chi connectivity index (χ0n) is 24.1. The number of nitrogens with zero attached hydrogens (tertiary/aromatic N) is 4. The van der Waals surface area contributed by atoms with Gasteiger partial charge in [0.2, 0.25) is 0 Å². The molecular weight excluding hydrogens is 555 g/mol. The quantitative estimate of drug-likeness (QED) is 0.203. The molecular formula is C40H25FN4. The fourth-order valence-corrected chi connectivity index (χ4v) is 5.67. The van der Waals surface area contributed by atoms with Crippen molar-refractivity contribution >= 4 is 22.1 Å². The average molecular weight is 581 g/mol. The van der Waals surface area contributed by atoms with Gasteiger partial charge in [0.05, 0.1) is 44.8 Å². The lowest BCUT2D eigenvalue weighted by atomic mass is 10.0. The van der Waals surface area contributed by atoms with Crippen molar-refractivity contribution in [1.82, 2.24) is 19.9 Å². The highest BCUT2D eigenvalue weighted by atomic mass is 19.1. The first-order chi connectivity index (χ1) is 22.2. The maximum absolute atomic E-state index is 13.8. The summed E-state index contributed by atoms with van der Waals surface area (Å²) in [4.78, 5) is 20.4. The highest BCUT2D eigenvalue weighted by Crippen LogP contribution is 2.35. The van der Waals surface area contributed by atoms with E-state index in [-0.39, 0.29) is 5.82 Å². The van der Waals surface area contributed by atoms with Crippen molar-refractivity contribution in [3.63, 3.8) is 0 Å². The van der Waals surface area contributed by atoms with E-state index in [4.69, 9.17) is 19.9 Å². The molecule has 0 bridgehead atoms. The van der Waals surface area contributed by atoms with Crippen molar-refractivity contribution in [3.8, 4) is 56.2 Å². The third kappa shape index (κ3) is 5.11. The number of fused-ring (bicyclic) bond motifs is 2. The van der Waals surface area contributed by atoms with Gasteiger partial charge in [-0.2, -0.15) is 0 Å². The van der Waals surface area contributed by atoms with Gasteiger partial charge in [0.1, 0.15) is 5.82 Å². The van der Waals surface area contributed by atoms with E-state index in [9.17, 15) is 4.39 Å². The normalized spacial score (nSPS) is 11.2. The standard InChI is InChI=1S/C40H25FN4/c41-32-20-16-29(17-21-32)40-38(27-12-6-2-7-13-27)43-34-23-19-31(25-36(34)45-40)30-18-22-33-35(24-30)44-39(28-14-8-3-9-15-28)37(42-33)26-10-4-1-5-11-26/h1-25H. The van der Waals surface area contributed by atoms with Gasteiger partial charge in [0.25, 0.3) is 0 Å². The summed E-state index contributed by atoms with van der Waals surface area (Å²) in [5.41, 5.74) is 12.1. The van der Waals surface area contributed by atoms with Crippen LogP contribution >= 0.6 is 0 Å². The smallest absolute Gasteiger partial charge is 0.123 e. The van der Waals surface area contributed by atoms with Gasteiger partial charge >= 0.3 is 0 Å². The van der Waals surface area contributed by atoms with E-state index < -0.39 is 0 Å². The van der Waals surface area contributed by atoms with Crippen LogP contribution in [-0.2, 0) is 0 Å². The summed E-state index contributed by atoms with van der Waals surface area (Å²) in [7, 11) is 0. The molecule has 8 aromatic rings. The van der Waals surface area contributed by atoms with E-state index >= 15 is 0 Å². The first-order valence-corrected chi connectivity index (χ1v) is 14.8. The molecule has 8 rings (SSSR count). The van der Waals surface area contributed by atoms with Crippen LogP contribution in [0.4, 0.5) is 4.39 Å². The summed E-state index contributed by atoms with van der Waals surface area (Å²) in [5.74, 6) is -0.290. The van der Waals surface area contributed by atoms with Gasteiger partial charge in [0.15, 0.2) is 0 Å². The van der Waals surface area contributed by atoms with Crippen molar-refractivity contribution in [2.75, 3.05) is 0 Å². The first kappa shape index (κ1) is 26.5. The maximum atomic E-state index is 13.8. The van der Waals surface area contributed by atoms with Gasteiger partial charge < -0.3 is 0 Å². The molecule has 2 aromatic heterocycles. The highest BCUT2D eigenvalue weighted by molar-refractivity contribution is 5.92. The van der Waals surface area contributed by atoms with Crippen LogP contribution in [0.25, 0.3) is 78.2 Å². The number of rotatable bonds is 5. The first-order valence-electron chi connectivity index (χ1n) is 14.8. The molecule has 5 heteroatoms. The molecule has 6 aromatic carbocycles. The molecule has 0 aliphatic rings. The van der Waals surface area contributed by atoms with E-state index in [0.717, 1.165) is 72.5 Å². The lowest BCUT2D eigenvalue weighted by Crippen LogP contribution is -1.97. The van der Waals surface area contributed by atoms with Crippen molar-refractivity contribution in [2.45, 2.75) is 0 Å². The van der Waals surface area contributed by atoms with Crippen LogP contribution < -0.4 is 0 Å². The third-order valence-electron chi connectivity index (χ3n) is 7.92. The number of benzene rings is 6. The zero-order valence-corrected chi connectivity index (χ0v) is 24.1. The number of halogens is 1. The predicted molar refractivity (Wildman–Crippen MR) is 180 cm³/mol. The highest BCUT2D eigenvalue weighted by Gasteiger charge is 2.16. The Morgan fingerprint density at radius 3 is 0.978 bits per heavy atom. The molecule has 0 amide bonds. The minimum Gasteiger partial charge on any atom is -0.244 e. The van der Waals surface area contributed by atoms with Crippen LogP contribution in [0.5, 0.6) is 0 Å². The van der Waals surface area contributed by atoms with Crippen LogP contribution in [-0.4, -0.2) is 19.9 Å². The molecule has 0 atom stereocenters. The molecule has 2 heterocycles. The predicted octanol–water partition coefficient (Wildman–Crippen LogP) is 10.0. The zero-order chi connectivity index (χ0) is 30.2. The molecule has 212 valence electrons. The topological polar surface area (TPSA) is 51.6 Å². The lowest BCUT2D eigenvalue weighted by molar-refractivity contribution is 0.628. The molecule has 0 aliphatic heterocycles. The largest absolute Gasteiger partial charge is 0.244 e. The monoisotopic (exact) mass is 580 g/mol. The number of aromatic nitrogens is 4. The van der Waals surface area contributed by atoms with Gasteiger partial charge in [-0.3, -0.25) is 0 Å². The fraction of sp³-hybridized carbons (Fsp3) is 0. The number of hydrogen-bond donors (Lipinski definition) is 0. The van der Waals surface area contributed by atoms with E-state index in [1.165, 1.54) is 12.1 Å². The van der Waals surface area contributed by atoms with Gasteiger partial charge in [-0.1, -0.05) is 103 Å². The average Bonchev–Trinajstić information content (AvgIpc) is 3.11. The molecule has 0 unspecified atom stereocenters. The molecule has 0 spiro atoms. The summed E-state index contributed by atoms with van der Waals surface area (Å²) in [6.07, 6.45) is 0. The van der Waals surface area contributed by atoms with Gasteiger partial charge in [-0.25, -0.2) is 24.3 Å². The fourth-order valence-electron chi connectivity index (χ4n) is 5.67. The Hall–Kier alpha value is -6.07. The Kier molecular flexibility index (Phi) is 6.61. The van der Waals surface area contributed by atoms with E-state index in [2.05, 4.69) is 48.5 Å². The Bertz CT molecular complexity index is 2310. The van der Waals surface area contributed by atoms with Crippen LogP contribution in [0.2, 0.25) is 0 Å². The van der Waals surface area contributed by atoms with Gasteiger partial charge in [-0.05, 0) is 59.7 Å². The van der Waals surface area contributed by atoms with Crippen molar-refractivity contribution in [1.29, 1.82) is 0 Å². The second-order valence-corrected chi connectivity index (χ2v) is 10.9. The minimum atomic E-state index is -0.290. The third-order valence-corrected chi connectivity index (χ3v) is 7.92. The Labute approximate surface area is 259 Å². The molecule has 0 radical (unpaired) electrons. The summed E-state index contributed by atoms with van der Waals surface area (Å²) in [6, 6.07) is 49.0. The summed E-state index contributed by atoms with van der Waals surface area (Å²) >= 11 is 0. The van der Waals surface area contributed by atoms with Gasteiger partial charge in [-0.15, -0.1) is 0 Å². The molecule has 0 N–H and O–H groups in total. The lowest BCUT2D eigenvalue weighted by Gasteiger charge is -2.13. The Balaban J connectivity index is 1.27. The maximum Gasteiger partial charge on any atom is 0.123 e. The number of hydrogen-bond acceptors (Lipinski definition) is 4. The summed E-state index contributed by atoms with van der Waals surface area (Å²) < 4.78 is 13.8.